The molecule has 0 aliphatic heterocycles. The molecule has 1 aromatic heterocycles. The highest BCUT2D eigenvalue weighted by Gasteiger charge is 2.12. The minimum Gasteiger partial charge on any atom is -0.486 e. The minimum absolute atomic E-state index is 0.133. The fraction of sp³-hybridized carbons (Fsp3) is 0.118. The highest BCUT2D eigenvalue weighted by Crippen LogP contribution is 2.20. The van der Waals surface area contributed by atoms with Crippen molar-refractivity contribution < 1.29 is 14.6 Å². The van der Waals surface area contributed by atoms with Crippen LogP contribution in [0.4, 0.5) is 0 Å². The summed E-state index contributed by atoms with van der Waals surface area (Å²) in [5.41, 5.74) is 3.22. The number of carboxylic acids is 1. The molecule has 22 heavy (non-hydrogen) atoms. The van der Waals surface area contributed by atoms with Crippen molar-refractivity contribution in [2.24, 2.45) is 0 Å². The number of fused-ring (bicyclic) bond motifs is 1. The number of aromatic carboxylic acids is 1. The molecular weight excluding hydrogens is 280 g/mol. The van der Waals surface area contributed by atoms with E-state index in [2.05, 4.69) is 9.97 Å². The van der Waals surface area contributed by atoms with Gasteiger partial charge in [-0.3, -0.25) is 0 Å². The molecule has 0 aliphatic carbocycles. The van der Waals surface area contributed by atoms with Crippen molar-refractivity contribution in [1.82, 2.24) is 9.97 Å². The Kier molecular flexibility index (Phi) is 3.70. The molecule has 110 valence electrons. The summed E-state index contributed by atoms with van der Waals surface area (Å²) in [5.74, 6) is -0.693. The molecular formula is C17H14N2O3. The zero-order valence-electron chi connectivity index (χ0n) is 12.0. The fourth-order valence-corrected chi connectivity index (χ4v) is 2.18. The van der Waals surface area contributed by atoms with Crippen molar-refractivity contribution in [3.63, 3.8) is 0 Å². The molecule has 1 N–H and O–H groups in total. The van der Waals surface area contributed by atoms with E-state index in [4.69, 9.17) is 9.84 Å². The Morgan fingerprint density at radius 1 is 1.05 bits per heavy atom. The number of para-hydroxylation sites is 3. The van der Waals surface area contributed by atoms with Crippen LogP contribution >= 0.6 is 0 Å². The van der Waals surface area contributed by atoms with Crippen molar-refractivity contribution in [3.05, 3.63) is 65.5 Å². The quantitative estimate of drug-likeness (QED) is 0.800. The fourth-order valence-electron chi connectivity index (χ4n) is 2.18. The van der Waals surface area contributed by atoms with Crippen molar-refractivity contribution in [1.29, 1.82) is 0 Å². The number of benzene rings is 2. The van der Waals surface area contributed by atoms with E-state index in [0.29, 0.717) is 11.4 Å². The third kappa shape index (κ3) is 2.74. The van der Waals surface area contributed by atoms with E-state index >= 15 is 0 Å². The molecule has 0 radical (unpaired) electrons. The Labute approximate surface area is 127 Å². The average molecular weight is 294 g/mol. The lowest BCUT2D eigenvalue weighted by atomic mass is 10.2. The normalized spacial score (nSPS) is 10.6. The third-order valence-corrected chi connectivity index (χ3v) is 3.32. The molecule has 2 aromatic carbocycles. The number of nitrogens with zero attached hydrogens (tertiary/aromatic N) is 2. The monoisotopic (exact) mass is 294 g/mol. The summed E-state index contributed by atoms with van der Waals surface area (Å²) < 4.78 is 5.63. The zero-order chi connectivity index (χ0) is 15.5. The largest absolute Gasteiger partial charge is 0.486 e. The van der Waals surface area contributed by atoms with E-state index in [1.807, 2.05) is 31.2 Å². The van der Waals surface area contributed by atoms with Gasteiger partial charge >= 0.3 is 5.97 Å². The molecule has 0 unspecified atom stereocenters. The van der Waals surface area contributed by atoms with Crippen LogP contribution in [0.3, 0.4) is 0 Å². The first-order valence-corrected chi connectivity index (χ1v) is 6.82. The van der Waals surface area contributed by atoms with Gasteiger partial charge in [-0.15, -0.1) is 0 Å². The SMILES string of the molecule is Cc1nc2ccccc2nc1COc1ccccc1C(=O)O. The molecule has 5 heteroatoms. The predicted octanol–water partition coefficient (Wildman–Crippen LogP) is 3.22. The molecule has 3 aromatic rings. The van der Waals surface area contributed by atoms with Gasteiger partial charge in [0, 0.05) is 0 Å². The maximum atomic E-state index is 11.2. The number of rotatable bonds is 4. The predicted molar refractivity (Wildman–Crippen MR) is 82.0 cm³/mol. The first-order valence-electron chi connectivity index (χ1n) is 6.82. The summed E-state index contributed by atoms with van der Waals surface area (Å²) in [6.45, 7) is 2.04. The number of ether oxygens (including phenoxy) is 1. The van der Waals surface area contributed by atoms with Crippen LogP contribution < -0.4 is 4.74 Å². The second kappa shape index (κ2) is 5.81. The van der Waals surface area contributed by atoms with E-state index in [0.717, 1.165) is 16.7 Å². The Morgan fingerprint density at radius 2 is 1.68 bits per heavy atom. The zero-order valence-corrected chi connectivity index (χ0v) is 12.0. The van der Waals surface area contributed by atoms with Crippen molar-refractivity contribution in [2.75, 3.05) is 0 Å². The molecule has 0 saturated heterocycles. The molecule has 1 heterocycles. The molecule has 5 nitrogen and oxygen atoms in total. The molecule has 0 aliphatic rings. The van der Waals surface area contributed by atoms with Gasteiger partial charge in [-0.05, 0) is 31.2 Å². The Bertz CT molecular complexity index is 846. The number of aryl methyl sites for hydroxylation is 1. The highest BCUT2D eigenvalue weighted by molar-refractivity contribution is 5.90. The van der Waals surface area contributed by atoms with E-state index in [9.17, 15) is 4.79 Å². The van der Waals surface area contributed by atoms with Gasteiger partial charge in [-0.25, -0.2) is 14.8 Å². The molecule has 0 spiro atoms. The smallest absolute Gasteiger partial charge is 0.339 e. The standard InChI is InChI=1S/C17H14N2O3/c1-11-15(19-14-8-4-3-7-13(14)18-11)10-22-16-9-5-2-6-12(16)17(20)21/h2-9H,10H2,1H3,(H,20,21). The summed E-state index contributed by atoms with van der Waals surface area (Å²) in [4.78, 5) is 20.2. The first-order chi connectivity index (χ1) is 10.6. The highest BCUT2D eigenvalue weighted by atomic mass is 16.5. The van der Waals surface area contributed by atoms with Crippen LogP contribution in [-0.4, -0.2) is 21.0 Å². The van der Waals surface area contributed by atoms with Gasteiger partial charge in [-0.1, -0.05) is 24.3 Å². The number of hydrogen-bond donors (Lipinski definition) is 1. The molecule has 0 fully saturated rings. The summed E-state index contributed by atoms with van der Waals surface area (Å²) in [5, 5.41) is 9.15. The molecule has 3 rings (SSSR count). The summed E-state index contributed by atoms with van der Waals surface area (Å²) in [6, 6.07) is 14.1. The Hall–Kier alpha value is -2.95. The Balaban J connectivity index is 1.88. The van der Waals surface area contributed by atoms with E-state index in [1.54, 1.807) is 18.2 Å². The first kappa shape index (κ1) is 14.0. The number of carboxylic acid groups (broad SMARTS) is 1. The van der Waals surface area contributed by atoms with Gasteiger partial charge in [0.25, 0.3) is 0 Å². The van der Waals surface area contributed by atoms with E-state index in [-0.39, 0.29) is 12.2 Å². The molecule has 0 amide bonds. The van der Waals surface area contributed by atoms with Crippen LogP contribution in [0.2, 0.25) is 0 Å². The van der Waals surface area contributed by atoms with Gasteiger partial charge in [0.2, 0.25) is 0 Å². The van der Waals surface area contributed by atoms with Crippen LogP contribution in [-0.2, 0) is 6.61 Å². The summed E-state index contributed by atoms with van der Waals surface area (Å²) in [6.07, 6.45) is 0. The summed E-state index contributed by atoms with van der Waals surface area (Å²) in [7, 11) is 0. The van der Waals surface area contributed by atoms with E-state index < -0.39 is 5.97 Å². The maximum Gasteiger partial charge on any atom is 0.339 e. The van der Waals surface area contributed by atoms with Crippen molar-refractivity contribution >= 4 is 17.0 Å². The summed E-state index contributed by atoms with van der Waals surface area (Å²) >= 11 is 0. The van der Waals surface area contributed by atoms with Crippen molar-refractivity contribution in [2.45, 2.75) is 13.5 Å². The van der Waals surface area contributed by atoms with Crippen LogP contribution in [0.1, 0.15) is 21.7 Å². The lowest BCUT2D eigenvalue weighted by Gasteiger charge is -2.10. The van der Waals surface area contributed by atoms with Gasteiger partial charge in [0.05, 0.1) is 22.4 Å². The van der Waals surface area contributed by atoms with Crippen LogP contribution in [0.15, 0.2) is 48.5 Å². The lowest BCUT2D eigenvalue weighted by Crippen LogP contribution is -2.06. The minimum atomic E-state index is -1.02. The van der Waals surface area contributed by atoms with Crippen LogP contribution in [0, 0.1) is 6.92 Å². The van der Waals surface area contributed by atoms with Gasteiger partial charge in [0.15, 0.2) is 0 Å². The molecule has 0 bridgehead atoms. The van der Waals surface area contributed by atoms with Crippen LogP contribution in [0.25, 0.3) is 11.0 Å². The maximum absolute atomic E-state index is 11.2. The lowest BCUT2D eigenvalue weighted by molar-refractivity contribution is 0.0691. The second-order valence-electron chi connectivity index (χ2n) is 4.83. The number of aromatic nitrogens is 2. The second-order valence-corrected chi connectivity index (χ2v) is 4.83. The van der Waals surface area contributed by atoms with Gasteiger partial charge in [0.1, 0.15) is 17.9 Å². The topological polar surface area (TPSA) is 72.3 Å². The Morgan fingerprint density at radius 3 is 2.41 bits per heavy atom. The third-order valence-electron chi connectivity index (χ3n) is 3.32. The molecule has 0 saturated carbocycles. The number of hydrogen-bond acceptors (Lipinski definition) is 4. The average Bonchev–Trinajstić information content (AvgIpc) is 2.53. The molecule has 0 atom stereocenters. The van der Waals surface area contributed by atoms with Gasteiger partial charge in [-0.2, -0.15) is 0 Å². The van der Waals surface area contributed by atoms with E-state index in [1.165, 1.54) is 6.07 Å². The van der Waals surface area contributed by atoms with Gasteiger partial charge < -0.3 is 9.84 Å². The van der Waals surface area contributed by atoms with Crippen molar-refractivity contribution in [3.8, 4) is 5.75 Å². The van der Waals surface area contributed by atoms with Crippen LogP contribution in [0.5, 0.6) is 5.75 Å². The number of carbonyl (C=O) groups is 1.